The highest BCUT2D eigenvalue weighted by Gasteiger charge is 2.23. The van der Waals surface area contributed by atoms with Crippen molar-refractivity contribution in [1.82, 2.24) is 5.01 Å². The first-order valence-electron chi connectivity index (χ1n) is 4.92. The second-order valence-corrected chi connectivity index (χ2v) is 3.66. The van der Waals surface area contributed by atoms with Crippen molar-refractivity contribution in [3.63, 3.8) is 0 Å². The standard InChI is InChI=1S/C12H12N2O2/c1-8-11(12(16)14(2)13-8)7-9-3-5-10(15)6-4-9/h3-7,15H,1-2H3/b11-7-. The fourth-order valence-electron chi connectivity index (χ4n) is 1.56. The topological polar surface area (TPSA) is 52.9 Å². The summed E-state index contributed by atoms with van der Waals surface area (Å²) in [5, 5.41) is 14.5. The maximum absolute atomic E-state index is 11.7. The van der Waals surface area contributed by atoms with Crippen LogP contribution in [0.4, 0.5) is 0 Å². The smallest absolute Gasteiger partial charge is 0.275 e. The molecule has 82 valence electrons. The van der Waals surface area contributed by atoms with Gasteiger partial charge in [-0.25, -0.2) is 5.01 Å². The molecule has 1 amide bonds. The number of carbonyl (C=O) groups excluding carboxylic acids is 1. The molecule has 0 saturated heterocycles. The Morgan fingerprint density at radius 2 is 1.94 bits per heavy atom. The number of hydrazone groups is 1. The number of likely N-dealkylation sites (N-methyl/N-ethyl adjacent to an activating group) is 1. The second-order valence-electron chi connectivity index (χ2n) is 3.66. The van der Waals surface area contributed by atoms with Crippen molar-refractivity contribution in [3.05, 3.63) is 35.4 Å². The number of phenols is 1. The van der Waals surface area contributed by atoms with Gasteiger partial charge < -0.3 is 5.11 Å². The lowest BCUT2D eigenvalue weighted by Gasteiger charge is -2.01. The molecule has 0 radical (unpaired) electrons. The Balaban J connectivity index is 2.35. The lowest BCUT2D eigenvalue weighted by molar-refractivity contribution is -0.124. The normalized spacial score (nSPS) is 18.1. The van der Waals surface area contributed by atoms with Crippen LogP contribution in [0.15, 0.2) is 34.9 Å². The monoisotopic (exact) mass is 216 g/mol. The predicted octanol–water partition coefficient (Wildman–Crippen LogP) is 1.62. The third kappa shape index (κ3) is 1.82. The lowest BCUT2D eigenvalue weighted by Crippen LogP contribution is -2.16. The summed E-state index contributed by atoms with van der Waals surface area (Å²) < 4.78 is 0. The second kappa shape index (κ2) is 3.81. The third-order valence-electron chi connectivity index (χ3n) is 2.42. The van der Waals surface area contributed by atoms with Crippen LogP contribution in [0.3, 0.4) is 0 Å². The predicted molar refractivity (Wildman–Crippen MR) is 62.0 cm³/mol. The molecule has 16 heavy (non-hydrogen) atoms. The highest BCUT2D eigenvalue weighted by Crippen LogP contribution is 2.18. The Hall–Kier alpha value is -2.10. The quantitative estimate of drug-likeness (QED) is 0.725. The SMILES string of the molecule is CC1=NN(C)C(=O)/C1=C\c1ccc(O)cc1. The van der Waals surface area contributed by atoms with E-state index in [1.54, 1.807) is 44.3 Å². The Morgan fingerprint density at radius 3 is 2.44 bits per heavy atom. The maximum Gasteiger partial charge on any atom is 0.275 e. The molecule has 1 aromatic rings. The number of carbonyl (C=O) groups is 1. The average molecular weight is 216 g/mol. The summed E-state index contributed by atoms with van der Waals surface area (Å²) in [6.07, 6.45) is 1.77. The molecule has 0 aliphatic carbocycles. The van der Waals surface area contributed by atoms with Crippen LogP contribution in [0.25, 0.3) is 6.08 Å². The molecule has 1 N–H and O–H groups in total. The van der Waals surface area contributed by atoms with E-state index >= 15 is 0 Å². The van der Waals surface area contributed by atoms with E-state index in [0.29, 0.717) is 11.3 Å². The molecule has 0 unspecified atom stereocenters. The van der Waals surface area contributed by atoms with E-state index in [2.05, 4.69) is 5.10 Å². The third-order valence-corrected chi connectivity index (χ3v) is 2.42. The minimum atomic E-state index is -0.106. The zero-order chi connectivity index (χ0) is 11.7. The van der Waals surface area contributed by atoms with E-state index in [4.69, 9.17) is 5.11 Å². The van der Waals surface area contributed by atoms with Gasteiger partial charge in [0.15, 0.2) is 0 Å². The largest absolute Gasteiger partial charge is 0.508 e. The highest BCUT2D eigenvalue weighted by atomic mass is 16.3. The van der Waals surface area contributed by atoms with Crippen molar-refractivity contribution >= 4 is 17.7 Å². The summed E-state index contributed by atoms with van der Waals surface area (Å²) in [7, 11) is 1.63. The molecule has 1 aliphatic heterocycles. The van der Waals surface area contributed by atoms with Gasteiger partial charge in [0, 0.05) is 7.05 Å². The number of amides is 1. The molecule has 1 aliphatic rings. The van der Waals surface area contributed by atoms with E-state index in [0.717, 1.165) is 5.56 Å². The van der Waals surface area contributed by atoms with Gasteiger partial charge in [-0.3, -0.25) is 4.79 Å². The van der Waals surface area contributed by atoms with Crippen LogP contribution in [0.5, 0.6) is 5.75 Å². The van der Waals surface area contributed by atoms with Crippen molar-refractivity contribution in [2.24, 2.45) is 5.10 Å². The number of phenolic OH excluding ortho intramolecular Hbond substituents is 1. The summed E-state index contributed by atoms with van der Waals surface area (Å²) in [6.45, 7) is 1.80. The van der Waals surface area contributed by atoms with Gasteiger partial charge in [0.2, 0.25) is 0 Å². The number of nitrogens with zero attached hydrogens (tertiary/aromatic N) is 2. The molecule has 0 saturated carbocycles. The van der Waals surface area contributed by atoms with Crippen LogP contribution in [-0.4, -0.2) is 28.8 Å². The fourth-order valence-corrected chi connectivity index (χ4v) is 1.56. The highest BCUT2D eigenvalue weighted by molar-refractivity contribution is 6.26. The Labute approximate surface area is 93.5 Å². The van der Waals surface area contributed by atoms with Gasteiger partial charge in [0.05, 0.1) is 11.3 Å². The summed E-state index contributed by atoms with van der Waals surface area (Å²) in [5.74, 6) is 0.105. The molecular weight excluding hydrogens is 204 g/mol. The zero-order valence-electron chi connectivity index (χ0n) is 9.14. The van der Waals surface area contributed by atoms with Gasteiger partial charge >= 0.3 is 0 Å². The minimum absolute atomic E-state index is 0.106. The Morgan fingerprint density at radius 1 is 1.31 bits per heavy atom. The molecule has 0 atom stereocenters. The van der Waals surface area contributed by atoms with Gasteiger partial charge in [-0.05, 0) is 30.7 Å². The van der Waals surface area contributed by atoms with Crippen LogP contribution in [0.2, 0.25) is 0 Å². The Bertz CT molecular complexity index is 486. The van der Waals surface area contributed by atoms with Crippen molar-refractivity contribution in [2.45, 2.75) is 6.92 Å². The van der Waals surface area contributed by atoms with Crippen LogP contribution < -0.4 is 0 Å². The van der Waals surface area contributed by atoms with E-state index in [-0.39, 0.29) is 11.7 Å². The summed E-state index contributed by atoms with van der Waals surface area (Å²) in [5.41, 5.74) is 2.17. The molecular formula is C12H12N2O2. The van der Waals surface area contributed by atoms with E-state index in [1.165, 1.54) is 5.01 Å². The molecule has 4 nitrogen and oxygen atoms in total. The van der Waals surface area contributed by atoms with Crippen LogP contribution >= 0.6 is 0 Å². The lowest BCUT2D eigenvalue weighted by atomic mass is 10.1. The first-order chi connectivity index (χ1) is 7.58. The molecule has 0 aromatic heterocycles. The molecule has 0 spiro atoms. The van der Waals surface area contributed by atoms with Crippen LogP contribution in [-0.2, 0) is 4.79 Å². The summed E-state index contributed by atoms with van der Waals surface area (Å²) in [4.78, 5) is 11.7. The van der Waals surface area contributed by atoms with E-state index < -0.39 is 0 Å². The number of benzene rings is 1. The molecule has 1 heterocycles. The summed E-state index contributed by atoms with van der Waals surface area (Å²) >= 11 is 0. The first-order valence-corrected chi connectivity index (χ1v) is 4.92. The zero-order valence-corrected chi connectivity index (χ0v) is 9.14. The molecule has 0 bridgehead atoms. The number of rotatable bonds is 1. The molecule has 1 aromatic carbocycles. The van der Waals surface area contributed by atoms with Gasteiger partial charge in [-0.2, -0.15) is 5.10 Å². The van der Waals surface area contributed by atoms with Crippen LogP contribution in [0.1, 0.15) is 12.5 Å². The van der Waals surface area contributed by atoms with Crippen molar-refractivity contribution in [2.75, 3.05) is 7.05 Å². The van der Waals surface area contributed by atoms with Crippen molar-refractivity contribution in [1.29, 1.82) is 0 Å². The van der Waals surface area contributed by atoms with Crippen molar-refractivity contribution < 1.29 is 9.90 Å². The average Bonchev–Trinajstić information content (AvgIpc) is 2.48. The fraction of sp³-hybridized carbons (Fsp3) is 0.167. The maximum atomic E-state index is 11.7. The minimum Gasteiger partial charge on any atom is -0.508 e. The molecule has 4 heteroatoms. The summed E-state index contributed by atoms with van der Waals surface area (Å²) in [6, 6.07) is 6.67. The van der Waals surface area contributed by atoms with Crippen molar-refractivity contribution in [3.8, 4) is 5.75 Å². The number of hydrogen-bond acceptors (Lipinski definition) is 3. The van der Waals surface area contributed by atoms with Gasteiger partial charge in [0.25, 0.3) is 5.91 Å². The van der Waals surface area contributed by atoms with Crippen LogP contribution in [0, 0.1) is 0 Å². The first kappa shape index (κ1) is 10.4. The Kier molecular flexibility index (Phi) is 2.48. The van der Waals surface area contributed by atoms with Gasteiger partial charge in [-0.15, -0.1) is 0 Å². The number of hydrogen-bond donors (Lipinski definition) is 1. The molecule has 0 fully saturated rings. The number of aromatic hydroxyl groups is 1. The van der Waals surface area contributed by atoms with Gasteiger partial charge in [-0.1, -0.05) is 12.1 Å². The van der Waals surface area contributed by atoms with E-state index in [9.17, 15) is 4.79 Å². The van der Waals surface area contributed by atoms with Gasteiger partial charge in [0.1, 0.15) is 5.75 Å². The molecule has 2 rings (SSSR count). The van der Waals surface area contributed by atoms with E-state index in [1.807, 2.05) is 0 Å².